The Morgan fingerprint density at radius 3 is 2.23 bits per heavy atom. The van der Waals surface area contributed by atoms with Crippen molar-refractivity contribution in [3.8, 4) is 17.2 Å². The average Bonchev–Trinajstić information content (AvgIpc) is 2.89. The summed E-state index contributed by atoms with van der Waals surface area (Å²) in [6, 6.07) is 7.98. The van der Waals surface area contributed by atoms with Gasteiger partial charge in [0.1, 0.15) is 17.2 Å². The standard InChI is InChI=1S/C26H34N10O4/c27-14-2-1-7-35(11-14)25-32-24(33-26(34-25)36-12-15(28)8-16(29)13-36)30-17-3-6-20(22(39)9-17)31-23(40)19-5-4-18(37)10-21(19)38/h3-6,9-10,14-16,37-39H,1-2,7-8,11-13,27-29H2,(H,31,40)(H,30,32,33,34)/t14-,15-,16+/m0/s1. The number of anilines is 5. The average molecular weight is 551 g/mol. The number of amides is 1. The van der Waals surface area contributed by atoms with E-state index >= 15 is 0 Å². The number of carbonyl (C=O) groups is 1. The van der Waals surface area contributed by atoms with Crippen molar-refractivity contribution in [2.75, 3.05) is 46.6 Å². The summed E-state index contributed by atoms with van der Waals surface area (Å²) in [6.07, 6.45) is 2.58. The molecule has 0 spiro atoms. The molecule has 2 aromatic carbocycles. The highest BCUT2D eigenvalue weighted by Crippen LogP contribution is 2.31. The quantitative estimate of drug-likeness (QED) is 0.199. The first-order chi connectivity index (χ1) is 19.1. The van der Waals surface area contributed by atoms with Crippen molar-refractivity contribution in [2.45, 2.75) is 37.4 Å². The van der Waals surface area contributed by atoms with Crippen molar-refractivity contribution < 1.29 is 20.1 Å². The largest absolute Gasteiger partial charge is 0.508 e. The number of nitrogens with two attached hydrogens (primary N) is 3. The Balaban J connectivity index is 1.38. The molecule has 11 N–H and O–H groups in total. The van der Waals surface area contributed by atoms with Gasteiger partial charge in [0.25, 0.3) is 5.91 Å². The van der Waals surface area contributed by atoms with Crippen LogP contribution in [0.15, 0.2) is 36.4 Å². The minimum Gasteiger partial charge on any atom is -0.508 e. The second-order valence-corrected chi connectivity index (χ2v) is 10.3. The molecule has 0 bridgehead atoms. The van der Waals surface area contributed by atoms with Crippen molar-refractivity contribution in [1.82, 2.24) is 15.0 Å². The fraction of sp³-hybridized carbons (Fsp3) is 0.385. The van der Waals surface area contributed by atoms with Crippen molar-refractivity contribution in [3.05, 3.63) is 42.0 Å². The third-order valence-electron chi connectivity index (χ3n) is 6.88. The number of aromatic nitrogens is 3. The molecule has 40 heavy (non-hydrogen) atoms. The maximum absolute atomic E-state index is 12.6. The van der Waals surface area contributed by atoms with Crippen LogP contribution in [0.4, 0.5) is 29.2 Å². The topological polar surface area (TPSA) is 225 Å². The van der Waals surface area contributed by atoms with Gasteiger partial charge in [-0.3, -0.25) is 4.79 Å². The summed E-state index contributed by atoms with van der Waals surface area (Å²) in [5.74, 6) is -0.250. The number of benzene rings is 2. The molecule has 0 unspecified atom stereocenters. The predicted octanol–water partition coefficient (Wildman–Crippen LogP) is 0.776. The molecule has 2 saturated heterocycles. The minimum atomic E-state index is -0.655. The molecule has 14 nitrogen and oxygen atoms in total. The molecule has 3 aromatic rings. The summed E-state index contributed by atoms with van der Waals surface area (Å²) < 4.78 is 0. The number of hydrogen-bond donors (Lipinski definition) is 8. The van der Waals surface area contributed by atoms with Crippen LogP contribution in [-0.2, 0) is 0 Å². The Bertz CT molecular complexity index is 1380. The highest BCUT2D eigenvalue weighted by atomic mass is 16.3. The molecule has 2 aliphatic rings. The number of rotatable bonds is 6. The first-order valence-corrected chi connectivity index (χ1v) is 13.1. The van der Waals surface area contributed by atoms with Crippen molar-refractivity contribution in [2.24, 2.45) is 17.2 Å². The molecule has 2 fully saturated rings. The van der Waals surface area contributed by atoms with E-state index in [4.69, 9.17) is 22.2 Å². The van der Waals surface area contributed by atoms with Gasteiger partial charge in [-0.15, -0.1) is 0 Å². The molecule has 1 amide bonds. The van der Waals surface area contributed by atoms with Gasteiger partial charge in [-0.2, -0.15) is 15.0 Å². The zero-order valence-electron chi connectivity index (χ0n) is 21.9. The summed E-state index contributed by atoms with van der Waals surface area (Å²) in [4.78, 5) is 30.5. The van der Waals surface area contributed by atoms with E-state index in [2.05, 4.69) is 20.6 Å². The van der Waals surface area contributed by atoms with Gasteiger partial charge in [-0.25, -0.2) is 0 Å². The normalized spacial score (nSPS) is 21.2. The fourth-order valence-corrected chi connectivity index (χ4v) is 4.97. The Kier molecular flexibility index (Phi) is 7.73. The van der Waals surface area contributed by atoms with E-state index in [0.717, 1.165) is 31.9 Å². The minimum absolute atomic E-state index is 0.0189. The zero-order chi connectivity index (χ0) is 28.4. The number of aromatic hydroxyl groups is 3. The highest BCUT2D eigenvalue weighted by Gasteiger charge is 2.27. The molecule has 212 valence electrons. The molecule has 0 aliphatic carbocycles. The smallest absolute Gasteiger partial charge is 0.259 e. The fourth-order valence-electron chi connectivity index (χ4n) is 4.97. The number of phenols is 3. The molecule has 5 rings (SSSR count). The molecule has 3 heterocycles. The summed E-state index contributed by atoms with van der Waals surface area (Å²) in [7, 11) is 0. The number of nitrogens with one attached hydrogen (secondary N) is 2. The second kappa shape index (κ2) is 11.4. The Labute approximate surface area is 230 Å². The van der Waals surface area contributed by atoms with Gasteiger partial charge >= 0.3 is 0 Å². The van der Waals surface area contributed by atoms with Gasteiger partial charge in [0.2, 0.25) is 17.8 Å². The lowest BCUT2D eigenvalue weighted by Crippen LogP contribution is -2.53. The predicted molar refractivity (Wildman–Crippen MR) is 151 cm³/mol. The number of nitrogens with zero attached hydrogens (tertiary/aromatic N) is 5. The van der Waals surface area contributed by atoms with E-state index < -0.39 is 5.91 Å². The lowest BCUT2D eigenvalue weighted by atomic mass is 10.0. The molecular weight excluding hydrogens is 516 g/mol. The van der Waals surface area contributed by atoms with Crippen molar-refractivity contribution >= 4 is 35.1 Å². The summed E-state index contributed by atoms with van der Waals surface area (Å²) >= 11 is 0. The SMILES string of the molecule is N[C@@H]1C[C@H](N)CN(c2nc(Nc3ccc(NC(=O)c4ccc(O)cc4O)c(O)c3)nc(N3CCC[C@H](N)C3)n2)C1. The molecule has 3 atom stereocenters. The third-order valence-corrected chi connectivity index (χ3v) is 6.88. The van der Waals surface area contributed by atoms with Crippen LogP contribution < -0.4 is 37.6 Å². The van der Waals surface area contributed by atoms with E-state index in [1.807, 2.05) is 9.80 Å². The van der Waals surface area contributed by atoms with Crippen LogP contribution in [0.2, 0.25) is 0 Å². The van der Waals surface area contributed by atoms with Gasteiger partial charge in [0, 0.05) is 62.1 Å². The van der Waals surface area contributed by atoms with Gasteiger partial charge in [0.05, 0.1) is 11.3 Å². The van der Waals surface area contributed by atoms with Crippen molar-refractivity contribution in [1.29, 1.82) is 0 Å². The summed E-state index contributed by atoms with van der Waals surface area (Å²) in [6.45, 7) is 2.50. The van der Waals surface area contributed by atoms with E-state index in [1.165, 1.54) is 24.3 Å². The zero-order valence-corrected chi connectivity index (χ0v) is 21.9. The van der Waals surface area contributed by atoms with E-state index in [1.54, 1.807) is 6.07 Å². The lowest BCUT2D eigenvalue weighted by molar-refractivity contribution is 0.102. The van der Waals surface area contributed by atoms with Crippen LogP contribution in [0.3, 0.4) is 0 Å². The first-order valence-electron chi connectivity index (χ1n) is 13.1. The Morgan fingerprint density at radius 1 is 0.850 bits per heavy atom. The molecule has 0 radical (unpaired) electrons. The maximum atomic E-state index is 12.6. The first kappa shape index (κ1) is 27.2. The monoisotopic (exact) mass is 550 g/mol. The molecule has 14 heteroatoms. The highest BCUT2D eigenvalue weighted by molar-refractivity contribution is 6.07. The lowest BCUT2D eigenvalue weighted by Gasteiger charge is -2.35. The van der Waals surface area contributed by atoms with E-state index in [9.17, 15) is 20.1 Å². The molecule has 0 saturated carbocycles. The number of hydrogen-bond acceptors (Lipinski definition) is 13. The maximum Gasteiger partial charge on any atom is 0.259 e. The molecule has 1 aromatic heterocycles. The van der Waals surface area contributed by atoms with Crippen LogP contribution >= 0.6 is 0 Å². The van der Waals surface area contributed by atoms with Gasteiger partial charge in [-0.1, -0.05) is 0 Å². The van der Waals surface area contributed by atoms with Gasteiger partial charge < -0.3 is 53.0 Å². The Hall–Kier alpha value is -4.40. The summed E-state index contributed by atoms with van der Waals surface area (Å²) in [5.41, 5.74) is 19.2. The Morgan fingerprint density at radius 2 is 1.55 bits per heavy atom. The number of phenolic OH excluding ortho intramolecular Hbond substituents is 3. The summed E-state index contributed by atoms with van der Waals surface area (Å²) in [5, 5.41) is 35.7. The second-order valence-electron chi connectivity index (χ2n) is 10.3. The van der Waals surface area contributed by atoms with Crippen LogP contribution in [-0.4, -0.2) is 80.5 Å². The van der Waals surface area contributed by atoms with Crippen LogP contribution in [0.5, 0.6) is 17.2 Å². The molecule has 2 aliphatic heterocycles. The third kappa shape index (κ3) is 6.25. The van der Waals surface area contributed by atoms with Crippen LogP contribution in [0, 0.1) is 0 Å². The van der Waals surface area contributed by atoms with Crippen LogP contribution in [0.25, 0.3) is 0 Å². The van der Waals surface area contributed by atoms with E-state index in [-0.39, 0.29) is 52.6 Å². The van der Waals surface area contributed by atoms with Gasteiger partial charge in [-0.05, 0) is 43.5 Å². The van der Waals surface area contributed by atoms with Crippen LogP contribution in [0.1, 0.15) is 29.6 Å². The van der Waals surface area contributed by atoms with Crippen molar-refractivity contribution in [3.63, 3.8) is 0 Å². The van der Waals surface area contributed by atoms with E-state index in [0.29, 0.717) is 37.2 Å². The van der Waals surface area contributed by atoms with Gasteiger partial charge in [0.15, 0.2) is 0 Å². The number of piperidine rings is 2. The number of carbonyl (C=O) groups excluding carboxylic acids is 1. The molecular formula is C26H34N10O4.